The Morgan fingerprint density at radius 1 is 1.62 bits per heavy atom. The first-order valence-corrected chi connectivity index (χ1v) is 6.27. The lowest BCUT2D eigenvalue weighted by Crippen LogP contribution is -2.26. The van der Waals surface area contributed by atoms with Crippen LogP contribution in [-0.4, -0.2) is 41.5 Å². The Hall–Kier alpha value is 0.0700. The zero-order valence-corrected chi connectivity index (χ0v) is 9.23. The fourth-order valence-corrected chi connectivity index (χ4v) is 3.20. The van der Waals surface area contributed by atoms with E-state index in [4.69, 9.17) is 4.74 Å². The summed E-state index contributed by atoms with van der Waals surface area (Å²) < 4.78 is 17.1. The van der Waals surface area contributed by atoms with Crippen molar-refractivity contribution in [3.8, 4) is 0 Å². The molecule has 1 rings (SSSR count). The molecule has 4 heteroatoms. The highest BCUT2D eigenvalue weighted by Gasteiger charge is 2.28. The van der Waals surface area contributed by atoms with Crippen LogP contribution >= 0.6 is 0 Å². The molecule has 0 spiro atoms. The van der Waals surface area contributed by atoms with Crippen LogP contribution in [0.4, 0.5) is 0 Å². The van der Waals surface area contributed by atoms with Gasteiger partial charge in [0, 0.05) is 23.2 Å². The molecule has 3 atom stereocenters. The highest BCUT2D eigenvalue weighted by molar-refractivity contribution is 7.85. The molecule has 78 valence electrons. The van der Waals surface area contributed by atoms with Crippen molar-refractivity contribution in [1.82, 2.24) is 5.32 Å². The lowest BCUT2D eigenvalue weighted by atomic mass is 10.3. The molecule has 0 amide bonds. The normalized spacial score (nSPS) is 30.6. The Labute approximate surface area is 82.7 Å². The van der Waals surface area contributed by atoms with Gasteiger partial charge in [0.1, 0.15) is 0 Å². The third-order valence-corrected chi connectivity index (χ3v) is 4.40. The molecule has 0 aromatic carbocycles. The molecule has 3 nitrogen and oxygen atoms in total. The van der Waals surface area contributed by atoms with E-state index in [2.05, 4.69) is 5.32 Å². The van der Waals surface area contributed by atoms with Crippen LogP contribution in [0.3, 0.4) is 0 Å². The van der Waals surface area contributed by atoms with E-state index in [0.29, 0.717) is 0 Å². The zero-order valence-electron chi connectivity index (χ0n) is 8.41. The summed E-state index contributed by atoms with van der Waals surface area (Å²) in [5.41, 5.74) is 0. The van der Waals surface area contributed by atoms with Crippen LogP contribution in [0.5, 0.6) is 0 Å². The number of nitrogens with one attached hydrogen (secondary N) is 1. The summed E-state index contributed by atoms with van der Waals surface area (Å²) >= 11 is 0. The van der Waals surface area contributed by atoms with Crippen LogP contribution < -0.4 is 5.32 Å². The van der Waals surface area contributed by atoms with Gasteiger partial charge in [-0.25, -0.2) is 0 Å². The fraction of sp³-hybridized carbons (Fsp3) is 1.00. The lowest BCUT2D eigenvalue weighted by Gasteiger charge is -2.13. The maximum Gasteiger partial charge on any atom is 0.0691 e. The van der Waals surface area contributed by atoms with E-state index in [0.717, 1.165) is 31.7 Å². The predicted octanol–water partition coefficient (Wildman–Crippen LogP) is 0.522. The third kappa shape index (κ3) is 3.37. The van der Waals surface area contributed by atoms with Gasteiger partial charge in [-0.05, 0) is 33.4 Å². The van der Waals surface area contributed by atoms with Crippen LogP contribution in [0.25, 0.3) is 0 Å². The summed E-state index contributed by atoms with van der Waals surface area (Å²) in [6, 6.07) is 0. The van der Waals surface area contributed by atoms with Crippen LogP contribution in [0, 0.1) is 0 Å². The summed E-state index contributed by atoms with van der Waals surface area (Å²) in [4.78, 5) is 0. The van der Waals surface area contributed by atoms with E-state index in [1.807, 2.05) is 14.0 Å². The minimum absolute atomic E-state index is 0.190. The van der Waals surface area contributed by atoms with Crippen LogP contribution in [0.2, 0.25) is 0 Å². The summed E-state index contributed by atoms with van der Waals surface area (Å²) in [6.07, 6.45) is 2.15. The first-order valence-electron chi connectivity index (χ1n) is 4.89. The summed E-state index contributed by atoms with van der Waals surface area (Å²) in [5.74, 6) is 0.805. The van der Waals surface area contributed by atoms with Gasteiger partial charge in [-0.3, -0.25) is 4.21 Å². The van der Waals surface area contributed by atoms with Crippen LogP contribution in [0.15, 0.2) is 0 Å². The van der Waals surface area contributed by atoms with Gasteiger partial charge in [-0.15, -0.1) is 0 Å². The van der Waals surface area contributed by atoms with E-state index in [9.17, 15) is 4.21 Å². The Kier molecular flexibility index (Phi) is 4.91. The molecule has 0 aromatic heterocycles. The Morgan fingerprint density at radius 3 is 2.92 bits per heavy atom. The Balaban J connectivity index is 2.22. The molecule has 0 saturated carbocycles. The molecule has 0 radical (unpaired) electrons. The third-order valence-electron chi connectivity index (χ3n) is 2.42. The molecular weight excluding hydrogens is 186 g/mol. The first-order chi connectivity index (χ1) is 6.25. The largest absolute Gasteiger partial charge is 0.377 e. The van der Waals surface area contributed by atoms with Gasteiger partial charge in [0.2, 0.25) is 0 Å². The molecule has 1 fully saturated rings. The van der Waals surface area contributed by atoms with Gasteiger partial charge < -0.3 is 10.1 Å². The maximum absolute atomic E-state index is 11.7. The summed E-state index contributed by atoms with van der Waals surface area (Å²) in [6.45, 7) is 3.75. The highest BCUT2D eigenvalue weighted by atomic mass is 32.2. The number of hydrogen-bond donors (Lipinski definition) is 1. The van der Waals surface area contributed by atoms with Gasteiger partial charge in [-0.1, -0.05) is 0 Å². The van der Waals surface area contributed by atoms with E-state index in [-0.39, 0.29) is 11.4 Å². The van der Waals surface area contributed by atoms with Gasteiger partial charge >= 0.3 is 0 Å². The molecular formula is C9H19NO2S. The first kappa shape index (κ1) is 11.1. The minimum atomic E-state index is -0.692. The lowest BCUT2D eigenvalue weighted by molar-refractivity contribution is 0.127. The van der Waals surface area contributed by atoms with Crippen molar-refractivity contribution >= 4 is 10.8 Å². The van der Waals surface area contributed by atoms with Crippen LogP contribution in [-0.2, 0) is 15.5 Å². The molecule has 3 unspecified atom stereocenters. The second-order valence-corrected chi connectivity index (χ2v) is 5.22. The van der Waals surface area contributed by atoms with Gasteiger partial charge in [0.05, 0.1) is 11.4 Å². The molecule has 0 bridgehead atoms. The van der Waals surface area contributed by atoms with Gasteiger partial charge in [0.25, 0.3) is 0 Å². The van der Waals surface area contributed by atoms with Crippen LogP contribution in [0.1, 0.15) is 19.8 Å². The Bertz CT molecular complexity index is 175. The number of ether oxygens (including phenoxy) is 1. The van der Waals surface area contributed by atoms with E-state index < -0.39 is 10.8 Å². The predicted molar refractivity (Wildman–Crippen MR) is 55.4 cm³/mol. The molecule has 13 heavy (non-hydrogen) atoms. The van der Waals surface area contributed by atoms with Crippen molar-refractivity contribution in [3.63, 3.8) is 0 Å². The van der Waals surface area contributed by atoms with Crippen molar-refractivity contribution < 1.29 is 8.95 Å². The monoisotopic (exact) mass is 205 g/mol. The second kappa shape index (κ2) is 5.73. The fourth-order valence-electron chi connectivity index (χ4n) is 1.60. The molecule has 0 aliphatic carbocycles. The number of rotatable bonds is 5. The van der Waals surface area contributed by atoms with Crippen molar-refractivity contribution in [2.24, 2.45) is 0 Å². The maximum atomic E-state index is 11.7. The second-order valence-electron chi connectivity index (χ2n) is 3.45. The summed E-state index contributed by atoms with van der Waals surface area (Å²) in [7, 11) is 1.23. The molecule has 1 saturated heterocycles. The Morgan fingerprint density at radius 2 is 2.38 bits per heavy atom. The molecule has 0 aromatic rings. The minimum Gasteiger partial charge on any atom is -0.377 e. The van der Waals surface area contributed by atoms with Crippen molar-refractivity contribution in [2.75, 3.05) is 26.0 Å². The summed E-state index contributed by atoms with van der Waals surface area (Å²) in [5, 5.41) is 3.33. The van der Waals surface area contributed by atoms with Crippen molar-refractivity contribution in [3.05, 3.63) is 0 Å². The molecule has 1 aliphatic rings. The van der Waals surface area contributed by atoms with E-state index in [1.54, 1.807) is 0 Å². The molecule has 1 aliphatic heterocycles. The standard InChI is InChI=1S/C9H19NO2S/c1-8-9(4-6-12-8)13(11)7-3-5-10-2/h8-10H,3-7H2,1-2H3. The van der Waals surface area contributed by atoms with E-state index in [1.165, 1.54) is 0 Å². The molecule has 1 heterocycles. The SMILES string of the molecule is CNCCCS(=O)C1CCOC1C. The van der Waals surface area contributed by atoms with Crippen molar-refractivity contribution in [1.29, 1.82) is 0 Å². The topological polar surface area (TPSA) is 38.3 Å². The van der Waals surface area contributed by atoms with Gasteiger partial charge in [-0.2, -0.15) is 0 Å². The van der Waals surface area contributed by atoms with Gasteiger partial charge in [0.15, 0.2) is 0 Å². The van der Waals surface area contributed by atoms with Crippen molar-refractivity contribution in [2.45, 2.75) is 31.1 Å². The number of hydrogen-bond acceptors (Lipinski definition) is 3. The smallest absolute Gasteiger partial charge is 0.0691 e. The quantitative estimate of drug-likeness (QED) is 0.665. The molecule has 1 N–H and O–H groups in total. The average Bonchev–Trinajstić information content (AvgIpc) is 2.52. The zero-order chi connectivity index (χ0) is 9.68. The van der Waals surface area contributed by atoms with E-state index >= 15 is 0 Å². The average molecular weight is 205 g/mol. The highest BCUT2D eigenvalue weighted by Crippen LogP contribution is 2.18.